The van der Waals surface area contributed by atoms with Gasteiger partial charge in [-0.15, -0.1) is 0 Å². The first-order valence-corrected chi connectivity index (χ1v) is 7.49. The Hall–Kier alpha value is -2.20. The maximum Gasteiger partial charge on any atom is 0.225 e. The maximum atomic E-state index is 13.1. The Labute approximate surface area is 130 Å². The lowest BCUT2D eigenvalue weighted by Crippen LogP contribution is -2.27. The van der Waals surface area contributed by atoms with Crippen LogP contribution >= 0.6 is 0 Å². The van der Waals surface area contributed by atoms with Gasteiger partial charge in [0.05, 0.1) is 0 Å². The normalized spacial score (nSPS) is 10.7. The zero-order chi connectivity index (χ0) is 15.8. The van der Waals surface area contributed by atoms with E-state index in [2.05, 4.69) is 29.3 Å². The second-order valence-corrected chi connectivity index (χ2v) is 5.16. The van der Waals surface area contributed by atoms with E-state index in [1.54, 1.807) is 12.1 Å². The molecule has 0 saturated heterocycles. The minimum absolute atomic E-state index is 0.0999. The summed E-state index contributed by atoms with van der Waals surface area (Å²) >= 11 is 0. The van der Waals surface area contributed by atoms with Crippen molar-refractivity contribution < 1.29 is 9.18 Å². The highest BCUT2D eigenvalue weighted by atomic mass is 19.1. The smallest absolute Gasteiger partial charge is 0.225 e. The Morgan fingerprint density at radius 1 is 1.14 bits per heavy atom. The molecular weight excluding hydrogens is 279 g/mol. The molecule has 0 radical (unpaired) electrons. The third-order valence-corrected chi connectivity index (χ3v) is 3.46. The average molecular weight is 300 g/mol. The zero-order valence-electron chi connectivity index (χ0n) is 12.8. The SMILES string of the molecule is CCN(CCC(=O)Nc1cccc(F)c1)Cc1ccccc1. The van der Waals surface area contributed by atoms with Crippen LogP contribution in [0, 0.1) is 5.82 Å². The first-order valence-electron chi connectivity index (χ1n) is 7.49. The van der Waals surface area contributed by atoms with Gasteiger partial charge in [0.25, 0.3) is 0 Å². The van der Waals surface area contributed by atoms with E-state index in [0.29, 0.717) is 18.7 Å². The number of carbonyl (C=O) groups excluding carboxylic acids is 1. The van der Waals surface area contributed by atoms with Crippen LogP contribution in [0.3, 0.4) is 0 Å². The molecular formula is C18H21FN2O. The number of nitrogens with zero attached hydrogens (tertiary/aromatic N) is 1. The summed E-state index contributed by atoms with van der Waals surface area (Å²) < 4.78 is 13.1. The first-order chi connectivity index (χ1) is 10.7. The minimum atomic E-state index is -0.350. The molecule has 2 rings (SSSR count). The van der Waals surface area contributed by atoms with Gasteiger partial charge in [-0.1, -0.05) is 43.3 Å². The number of amides is 1. The van der Waals surface area contributed by atoms with Crippen molar-refractivity contribution in [1.82, 2.24) is 4.90 Å². The van der Waals surface area contributed by atoms with Crippen molar-refractivity contribution in [1.29, 1.82) is 0 Å². The fourth-order valence-corrected chi connectivity index (χ4v) is 2.24. The van der Waals surface area contributed by atoms with Crippen molar-refractivity contribution in [2.45, 2.75) is 19.9 Å². The van der Waals surface area contributed by atoms with Gasteiger partial charge >= 0.3 is 0 Å². The second-order valence-electron chi connectivity index (χ2n) is 5.16. The van der Waals surface area contributed by atoms with Gasteiger partial charge in [0.1, 0.15) is 5.82 Å². The Kier molecular flexibility index (Phi) is 6.10. The third-order valence-electron chi connectivity index (χ3n) is 3.46. The van der Waals surface area contributed by atoms with E-state index in [4.69, 9.17) is 0 Å². The summed E-state index contributed by atoms with van der Waals surface area (Å²) in [6, 6.07) is 16.1. The average Bonchev–Trinajstić information content (AvgIpc) is 2.52. The van der Waals surface area contributed by atoms with E-state index in [1.165, 1.54) is 17.7 Å². The molecule has 2 aromatic rings. The molecule has 1 N–H and O–H groups in total. The third kappa shape index (κ3) is 5.30. The lowest BCUT2D eigenvalue weighted by molar-refractivity contribution is -0.116. The number of hydrogen-bond acceptors (Lipinski definition) is 2. The van der Waals surface area contributed by atoms with Crippen LogP contribution in [0.4, 0.5) is 10.1 Å². The molecule has 0 aliphatic heterocycles. The molecule has 0 unspecified atom stereocenters. The summed E-state index contributed by atoms with van der Waals surface area (Å²) in [5, 5.41) is 2.72. The monoisotopic (exact) mass is 300 g/mol. The van der Waals surface area contributed by atoms with Crippen molar-refractivity contribution in [3.8, 4) is 0 Å². The van der Waals surface area contributed by atoms with E-state index in [0.717, 1.165) is 13.1 Å². The van der Waals surface area contributed by atoms with Gasteiger partial charge in [0.2, 0.25) is 5.91 Å². The van der Waals surface area contributed by atoms with Crippen molar-refractivity contribution >= 4 is 11.6 Å². The number of halogens is 1. The number of rotatable bonds is 7. The first kappa shape index (κ1) is 16.2. The van der Waals surface area contributed by atoms with Crippen LogP contribution in [0.2, 0.25) is 0 Å². The highest BCUT2D eigenvalue weighted by Crippen LogP contribution is 2.10. The van der Waals surface area contributed by atoms with Crippen molar-refractivity contribution in [2.75, 3.05) is 18.4 Å². The molecule has 0 aliphatic carbocycles. The fraction of sp³-hybridized carbons (Fsp3) is 0.278. The molecule has 0 heterocycles. The van der Waals surface area contributed by atoms with Crippen LogP contribution in [0.25, 0.3) is 0 Å². The van der Waals surface area contributed by atoms with E-state index in [-0.39, 0.29) is 11.7 Å². The molecule has 0 fully saturated rings. The fourth-order valence-electron chi connectivity index (χ4n) is 2.24. The minimum Gasteiger partial charge on any atom is -0.326 e. The van der Waals surface area contributed by atoms with Crippen molar-refractivity contribution in [3.63, 3.8) is 0 Å². The van der Waals surface area contributed by atoms with Crippen LogP contribution in [0.1, 0.15) is 18.9 Å². The van der Waals surface area contributed by atoms with E-state index < -0.39 is 0 Å². The standard InChI is InChI=1S/C18H21FN2O/c1-2-21(14-15-7-4-3-5-8-15)12-11-18(22)20-17-10-6-9-16(19)13-17/h3-10,13H,2,11-12,14H2,1H3,(H,20,22). The van der Waals surface area contributed by atoms with Crippen LogP contribution in [-0.2, 0) is 11.3 Å². The van der Waals surface area contributed by atoms with E-state index in [9.17, 15) is 9.18 Å². The largest absolute Gasteiger partial charge is 0.326 e. The summed E-state index contributed by atoms with van der Waals surface area (Å²) in [7, 11) is 0. The molecule has 2 aromatic carbocycles. The molecule has 0 atom stereocenters. The predicted octanol–water partition coefficient (Wildman–Crippen LogP) is 3.68. The topological polar surface area (TPSA) is 32.3 Å². The number of carbonyl (C=O) groups is 1. The molecule has 0 aliphatic rings. The molecule has 0 spiro atoms. The molecule has 0 saturated carbocycles. The number of nitrogens with one attached hydrogen (secondary N) is 1. The van der Waals surface area contributed by atoms with Crippen LogP contribution < -0.4 is 5.32 Å². The van der Waals surface area contributed by atoms with Crippen LogP contribution in [0.15, 0.2) is 54.6 Å². The molecule has 4 heteroatoms. The number of benzene rings is 2. The summed E-state index contributed by atoms with van der Waals surface area (Å²) in [5.74, 6) is -0.450. The van der Waals surface area contributed by atoms with Crippen molar-refractivity contribution in [3.05, 3.63) is 66.0 Å². The summed E-state index contributed by atoms with van der Waals surface area (Å²) in [6.07, 6.45) is 0.386. The van der Waals surface area contributed by atoms with Gasteiger partial charge < -0.3 is 5.32 Å². The van der Waals surface area contributed by atoms with Gasteiger partial charge in [0.15, 0.2) is 0 Å². The van der Waals surface area contributed by atoms with E-state index in [1.807, 2.05) is 18.2 Å². The molecule has 3 nitrogen and oxygen atoms in total. The highest BCUT2D eigenvalue weighted by Gasteiger charge is 2.08. The lowest BCUT2D eigenvalue weighted by Gasteiger charge is -2.20. The summed E-state index contributed by atoms with van der Waals surface area (Å²) in [4.78, 5) is 14.1. The molecule has 116 valence electrons. The van der Waals surface area contributed by atoms with Gasteiger partial charge in [0, 0.05) is 25.2 Å². The quantitative estimate of drug-likeness (QED) is 0.846. The Morgan fingerprint density at radius 2 is 1.91 bits per heavy atom. The lowest BCUT2D eigenvalue weighted by atomic mass is 10.2. The molecule has 1 amide bonds. The van der Waals surface area contributed by atoms with Crippen molar-refractivity contribution in [2.24, 2.45) is 0 Å². The molecule has 0 bridgehead atoms. The van der Waals surface area contributed by atoms with Gasteiger partial charge in [-0.05, 0) is 30.3 Å². The number of hydrogen-bond donors (Lipinski definition) is 1. The maximum absolute atomic E-state index is 13.1. The summed E-state index contributed by atoms with van der Waals surface area (Å²) in [6.45, 7) is 4.45. The zero-order valence-corrected chi connectivity index (χ0v) is 12.8. The van der Waals surface area contributed by atoms with Gasteiger partial charge in [-0.2, -0.15) is 0 Å². The van der Waals surface area contributed by atoms with Gasteiger partial charge in [-0.3, -0.25) is 9.69 Å². The van der Waals surface area contributed by atoms with Crippen LogP contribution in [0.5, 0.6) is 0 Å². The molecule has 22 heavy (non-hydrogen) atoms. The van der Waals surface area contributed by atoms with Crippen LogP contribution in [-0.4, -0.2) is 23.9 Å². The Balaban J connectivity index is 1.81. The number of anilines is 1. The summed E-state index contributed by atoms with van der Waals surface area (Å²) in [5.41, 5.74) is 1.73. The Morgan fingerprint density at radius 3 is 2.59 bits per heavy atom. The van der Waals surface area contributed by atoms with Gasteiger partial charge in [-0.25, -0.2) is 4.39 Å². The van der Waals surface area contributed by atoms with E-state index >= 15 is 0 Å². The second kappa shape index (κ2) is 8.29. The predicted molar refractivity (Wildman–Crippen MR) is 87.0 cm³/mol. The molecule has 0 aromatic heterocycles. The Bertz CT molecular complexity index is 601. The highest BCUT2D eigenvalue weighted by molar-refractivity contribution is 5.90.